The molecule has 0 bridgehead atoms. The van der Waals surface area contributed by atoms with Crippen LogP contribution in [0.1, 0.15) is 40.3 Å². The highest BCUT2D eigenvalue weighted by atomic mass is 16.2. The summed E-state index contributed by atoms with van der Waals surface area (Å²) in [6.45, 7) is 3.57. The largest absolute Gasteiger partial charge is 0.324 e. The van der Waals surface area contributed by atoms with Crippen molar-refractivity contribution >= 4 is 29.0 Å². The number of rotatable bonds is 6. The van der Waals surface area contributed by atoms with Gasteiger partial charge < -0.3 is 10.6 Å². The predicted molar refractivity (Wildman–Crippen MR) is 106 cm³/mol. The van der Waals surface area contributed by atoms with Crippen molar-refractivity contribution in [3.8, 4) is 0 Å². The van der Waals surface area contributed by atoms with E-state index in [1.54, 1.807) is 30.3 Å². The van der Waals surface area contributed by atoms with Crippen molar-refractivity contribution in [2.24, 2.45) is 0 Å². The zero-order valence-corrected chi connectivity index (χ0v) is 15.2. The van der Waals surface area contributed by atoms with Gasteiger partial charge in [0.2, 0.25) is 5.95 Å². The molecular weight excluding hydrogens is 340 g/mol. The molecule has 0 radical (unpaired) electrons. The number of hydrogen-bond acceptors (Lipinski definition) is 5. The molecule has 0 unspecified atom stereocenters. The Hall–Kier alpha value is -3.54. The second-order valence-corrected chi connectivity index (χ2v) is 5.99. The first-order chi connectivity index (χ1) is 13.1. The lowest BCUT2D eigenvalue weighted by Gasteiger charge is -2.10. The van der Waals surface area contributed by atoms with Gasteiger partial charge in [0.25, 0.3) is 5.91 Å². The fraction of sp³-hybridized carbons (Fsp3) is 0.143. The summed E-state index contributed by atoms with van der Waals surface area (Å²) in [5, 5.41) is 5.93. The number of Topliss-reactive ketones (excluding diaryl/α,β-unsaturated/α-hetero) is 1. The van der Waals surface area contributed by atoms with Gasteiger partial charge in [0.1, 0.15) is 5.69 Å². The number of nitrogens with zero attached hydrogens (tertiary/aromatic N) is 2. The Labute approximate surface area is 157 Å². The van der Waals surface area contributed by atoms with E-state index in [2.05, 4.69) is 27.5 Å². The van der Waals surface area contributed by atoms with E-state index in [1.807, 2.05) is 24.3 Å². The smallest absolute Gasteiger partial charge is 0.274 e. The first-order valence-electron chi connectivity index (χ1n) is 8.67. The van der Waals surface area contributed by atoms with E-state index in [0.717, 1.165) is 17.7 Å². The molecule has 1 heterocycles. The van der Waals surface area contributed by atoms with Gasteiger partial charge in [0, 0.05) is 23.1 Å². The minimum Gasteiger partial charge on any atom is -0.324 e. The Kier molecular flexibility index (Phi) is 5.56. The quantitative estimate of drug-likeness (QED) is 0.643. The lowest BCUT2D eigenvalue weighted by Crippen LogP contribution is -2.15. The van der Waals surface area contributed by atoms with Crippen LogP contribution in [0.4, 0.5) is 17.3 Å². The predicted octanol–water partition coefficient (Wildman–Crippen LogP) is 4.24. The number of hydrogen-bond donors (Lipinski definition) is 2. The summed E-state index contributed by atoms with van der Waals surface area (Å²) in [7, 11) is 0. The number of aromatic nitrogens is 2. The Balaban J connectivity index is 1.74. The van der Waals surface area contributed by atoms with E-state index >= 15 is 0 Å². The molecule has 6 nitrogen and oxygen atoms in total. The Morgan fingerprint density at radius 2 is 1.74 bits per heavy atom. The van der Waals surface area contributed by atoms with Crippen LogP contribution in [0.2, 0.25) is 0 Å². The molecule has 136 valence electrons. The summed E-state index contributed by atoms with van der Waals surface area (Å²) >= 11 is 0. The first-order valence-corrected chi connectivity index (χ1v) is 8.67. The standard InChI is InChI=1S/C21H20N4O2/c1-3-15-6-4-5-7-18(15)24-21-22-13-12-19(25-21)20(27)23-17-10-8-16(9-11-17)14(2)26/h4-13H,3H2,1-2H3,(H,23,27)(H,22,24,25). The van der Waals surface area contributed by atoms with Crippen molar-refractivity contribution < 1.29 is 9.59 Å². The van der Waals surface area contributed by atoms with Crippen molar-refractivity contribution in [2.45, 2.75) is 20.3 Å². The van der Waals surface area contributed by atoms with Crippen LogP contribution in [0.3, 0.4) is 0 Å². The third-order valence-electron chi connectivity index (χ3n) is 4.08. The first kappa shape index (κ1) is 18.3. The highest BCUT2D eigenvalue weighted by molar-refractivity contribution is 6.03. The maximum absolute atomic E-state index is 12.5. The van der Waals surface area contributed by atoms with Crippen LogP contribution < -0.4 is 10.6 Å². The van der Waals surface area contributed by atoms with E-state index < -0.39 is 0 Å². The molecule has 2 N–H and O–H groups in total. The molecule has 0 saturated carbocycles. The number of nitrogens with one attached hydrogen (secondary N) is 2. The summed E-state index contributed by atoms with van der Waals surface area (Å²) in [4.78, 5) is 32.3. The fourth-order valence-corrected chi connectivity index (χ4v) is 2.60. The molecule has 1 amide bonds. The van der Waals surface area contributed by atoms with Crippen LogP contribution in [-0.2, 0) is 6.42 Å². The lowest BCUT2D eigenvalue weighted by atomic mass is 10.1. The highest BCUT2D eigenvalue weighted by Crippen LogP contribution is 2.19. The Morgan fingerprint density at radius 1 is 1.00 bits per heavy atom. The molecule has 0 saturated heterocycles. The maximum atomic E-state index is 12.5. The zero-order chi connectivity index (χ0) is 19.2. The van der Waals surface area contributed by atoms with Crippen LogP contribution in [0, 0.1) is 0 Å². The van der Waals surface area contributed by atoms with Crippen molar-refractivity contribution in [3.05, 3.63) is 77.6 Å². The molecule has 0 aliphatic rings. The number of anilines is 3. The van der Waals surface area contributed by atoms with E-state index in [9.17, 15) is 9.59 Å². The lowest BCUT2D eigenvalue weighted by molar-refractivity contribution is 0.101. The number of carbonyl (C=O) groups excluding carboxylic acids is 2. The number of para-hydroxylation sites is 1. The van der Waals surface area contributed by atoms with Gasteiger partial charge >= 0.3 is 0 Å². The highest BCUT2D eigenvalue weighted by Gasteiger charge is 2.10. The fourth-order valence-electron chi connectivity index (χ4n) is 2.60. The van der Waals surface area contributed by atoms with Crippen LogP contribution in [0.5, 0.6) is 0 Å². The molecule has 2 aromatic carbocycles. The molecule has 0 aliphatic heterocycles. The van der Waals surface area contributed by atoms with Crippen LogP contribution in [0.25, 0.3) is 0 Å². The van der Waals surface area contributed by atoms with Crippen molar-refractivity contribution in [1.82, 2.24) is 9.97 Å². The van der Waals surface area contributed by atoms with Gasteiger partial charge in [0.15, 0.2) is 5.78 Å². The molecule has 27 heavy (non-hydrogen) atoms. The van der Waals surface area contributed by atoms with Gasteiger partial charge in [-0.2, -0.15) is 0 Å². The summed E-state index contributed by atoms with van der Waals surface area (Å²) in [6.07, 6.45) is 2.41. The summed E-state index contributed by atoms with van der Waals surface area (Å²) in [5.41, 5.74) is 3.49. The van der Waals surface area contributed by atoms with E-state index in [-0.39, 0.29) is 17.4 Å². The number of aryl methyl sites for hydroxylation is 1. The molecule has 0 aliphatic carbocycles. The third-order valence-corrected chi connectivity index (χ3v) is 4.08. The third kappa shape index (κ3) is 4.55. The number of carbonyl (C=O) groups is 2. The van der Waals surface area contributed by atoms with Gasteiger partial charge in [-0.3, -0.25) is 9.59 Å². The van der Waals surface area contributed by atoms with Crippen molar-refractivity contribution in [1.29, 1.82) is 0 Å². The van der Waals surface area contributed by atoms with Crippen LogP contribution in [-0.4, -0.2) is 21.7 Å². The van der Waals surface area contributed by atoms with Gasteiger partial charge in [-0.05, 0) is 55.3 Å². The molecule has 3 aromatic rings. The van der Waals surface area contributed by atoms with Gasteiger partial charge in [-0.25, -0.2) is 9.97 Å². The van der Waals surface area contributed by atoms with E-state index in [4.69, 9.17) is 0 Å². The van der Waals surface area contributed by atoms with Gasteiger partial charge in [-0.1, -0.05) is 25.1 Å². The van der Waals surface area contributed by atoms with Crippen LogP contribution >= 0.6 is 0 Å². The normalized spacial score (nSPS) is 10.3. The Bertz CT molecular complexity index is 968. The van der Waals surface area contributed by atoms with Crippen molar-refractivity contribution in [2.75, 3.05) is 10.6 Å². The van der Waals surface area contributed by atoms with Crippen LogP contribution in [0.15, 0.2) is 60.8 Å². The van der Waals surface area contributed by atoms with Gasteiger partial charge in [0.05, 0.1) is 0 Å². The monoisotopic (exact) mass is 360 g/mol. The van der Waals surface area contributed by atoms with E-state index in [0.29, 0.717) is 17.2 Å². The summed E-state index contributed by atoms with van der Waals surface area (Å²) in [6, 6.07) is 16.2. The summed E-state index contributed by atoms with van der Waals surface area (Å²) < 4.78 is 0. The van der Waals surface area contributed by atoms with Crippen molar-refractivity contribution in [3.63, 3.8) is 0 Å². The molecule has 3 rings (SSSR count). The average molecular weight is 360 g/mol. The molecule has 0 spiro atoms. The maximum Gasteiger partial charge on any atom is 0.274 e. The molecule has 0 atom stereocenters. The second-order valence-electron chi connectivity index (χ2n) is 5.99. The minimum absolute atomic E-state index is 0.0215. The molecule has 0 fully saturated rings. The number of amides is 1. The Morgan fingerprint density at radius 3 is 2.44 bits per heavy atom. The topological polar surface area (TPSA) is 84.0 Å². The minimum atomic E-state index is -0.347. The average Bonchev–Trinajstić information content (AvgIpc) is 2.69. The molecule has 6 heteroatoms. The summed E-state index contributed by atoms with van der Waals surface area (Å²) in [5.74, 6) is -0.0120. The zero-order valence-electron chi connectivity index (χ0n) is 15.2. The molecule has 1 aromatic heterocycles. The SMILES string of the molecule is CCc1ccccc1Nc1nccc(C(=O)Nc2ccc(C(C)=O)cc2)n1. The van der Waals surface area contributed by atoms with E-state index in [1.165, 1.54) is 13.1 Å². The molecular formula is C21H20N4O2. The number of benzene rings is 2. The number of ketones is 1. The second kappa shape index (κ2) is 8.23. The van der Waals surface area contributed by atoms with Gasteiger partial charge in [-0.15, -0.1) is 0 Å².